The van der Waals surface area contributed by atoms with Crippen molar-refractivity contribution in [2.24, 2.45) is 0 Å². The third-order valence-electron chi connectivity index (χ3n) is 4.14. The molecule has 0 unspecified atom stereocenters. The van der Waals surface area contributed by atoms with Crippen molar-refractivity contribution in [3.8, 4) is 27.8 Å². The Morgan fingerprint density at radius 2 is 1.64 bits per heavy atom. The highest BCUT2D eigenvalue weighted by molar-refractivity contribution is 7.13. The Bertz CT molecular complexity index is 846. The molecular formula is C20H23N2O2S. The molecule has 5 heteroatoms. The smallest absolute Gasteiger partial charge is 0.284 e. The topological polar surface area (TPSA) is 59.2 Å². The largest absolute Gasteiger partial charge is 0.507 e. The van der Waals surface area contributed by atoms with Crippen molar-refractivity contribution in [1.29, 1.82) is 0 Å². The maximum absolute atomic E-state index is 10.9. The number of hydrogen-bond donors (Lipinski definition) is 1. The van der Waals surface area contributed by atoms with Gasteiger partial charge in [0.25, 0.3) is 6.39 Å². The van der Waals surface area contributed by atoms with E-state index in [1.54, 1.807) is 6.20 Å². The van der Waals surface area contributed by atoms with E-state index < -0.39 is 0 Å². The molecule has 0 aliphatic rings. The Morgan fingerprint density at radius 1 is 1.04 bits per heavy atom. The summed E-state index contributed by atoms with van der Waals surface area (Å²) in [6.45, 7) is 12.5. The molecule has 2 aromatic heterocycles. The highest BCUT2D eigenvalue weighted by Crippen LogP contribution is 2.43. The average Bonchev–Trinajstić information content (AvgIpc) is 3.15. The number of aromatic nitrogens is 2. The number of oxazole rings is 1. The molecule has 1 N–H and O–H groups in total. The van der Waals surface area contributed by atoms with Gasteiger partial charge in [-0.2, -0.15) is 0 Å². The monoisotopic (exact) mass is 355 g/mol. The third-order valence-corrected chi connectivity index (χ3v) is 4.92. The summed E-state index contributed by atoms with van der Waals surface area (Å²) in [5.41, 5.74) is 2.93. The number of phenolic OH excluding ortho intramolecular Hbond substituents is 1. The highest BCUT2D eigenvalue weighted by Gasteiger charge is 2.28. The predicted octanol–water partition coefficient (Wildman–Crippen LogP) is 5.57. The van der Waals surface area contributed by atoms with Crippen molar-refractivity contribution in [2.75, 3.05) is 0 Å². The fourth-order valence-electron chi connectivity index (χ4n) is 2.80. The molecule has 0 saturated carbocycles. The van der Waals surface area contributed by atoms with Gasteiger partial charge in [0.15, 0.2) is 5.76 Å². The number of benzene rings is 1. The lowest BCUT2D eigenvalue weighted by Crippen LogP contribution is -2.17. The van der Waals surface area contributed by atoms with Gasteiger partial charge in [-0.3, -0.25) is 0 Å². The summed E-state index contributed by atoms with van der Waals surface area (Å²) in [6.07, 6.45) is 4.34. The van der Waals surface area contributed by atoms with Crippen molar-refractivity contribution in [1.82, 2.24) is 9.97 Å². The lowest BCUT2D eigenvalue weighted by molar-refractivity contribution is 0.423. The molecule has 1 radical (unpaired) electrons. The van der Waals surface area contributed by atoms with Crippen LogP contribution in [0.25, 0.3) is 22.0 Å². The van der Waals surface area contributed by atoms with Crippen molar-refractivity contribution >= 4 is 11.3 Å². The summed E-state index contributed by atoms with van der Waals surface area (Å²) in [5, 5.41) is 13.6. The molecule has 2 heterocycles. The van der Waals surface area contributed by atoms with Crippen molar-refractivity contribution in [3.05, 3.63) is 41.2 Å². The van der Waals surface area contributed by atoms with Crippen LogP contribution in [-0.2, 0) is 10.8 Å². The molecule has 0 saturated heterocycles. The lowest BCUT2D eigenvalue weighted by atomic mass is 9.78. The van der Waals surface area contributed by atoms with E-state index in [0.29, 0.717) is 17.2 Å². The van der Waals surface area contributed by atoms with Crippen LogP contribution in [-0.4, -0.2) is 15.1 Å². The number of aromatic hydroxyl groups is 1. The van der Waals surface area contributed by atoms with E-state index in [-0.39, 0.29) is 10.8 Å². The zero-order valence-corrected chi connectivity index (χ0v) is 16.3. The van der Waals surface area contributed by atoms with E-state index >= 15 is 0 Å². The lowest BCUT2D eigenvalue weighted by Gasteiger charge is -2.28. The molecule has 25 heavy (non-hydrogen) atoms. The fourth-order valence-corrected chi connectivity index (χ4v) is 3.43. The minimum absolute atomic E-state index is 0.203. The molecule has 1 aromatic carbocycles. The number of phenols is 1. The summed E-state index contributed by atoms with van der Waals surface area (Å²) < 4.78 is 5.60. The highest BCUT2D eigenvalue weighted by atomic mass is 32.1. The molecule has 0 aliphatic heterocycles. The van der Waals surface area contributed by atoms with Gasteiger partial charge in [0.1, 0.15) is 16.5 Å². The molecule has 0 fully saturated rings. The standard InChI is InChI=1S/C20H23N2O2S/c1-19(2,3)13-9-12(10-14(16(13)23)20(4,5)6)17-15(22-11-24-17)18-21-7-8-25-18/h7-10,23H,1-6H3. The van der Waals surface area contributed by atoms with Gasteiger partial charge in [0, 0.05) is 28.3 Å². The Kier molecular flexibility index (Phi) is 4.23. The third kappa shape index (κ3) is 3.33. The van der Waals surface area contributed by atoms with Gasteiger partial charge in [-0.1, -0.05) is 41.5 Å². The van der Waals surface area contributed by atoms with Crippen LogP contribution in [0, 0.1) is 6.39 Å². The van der Waals surface area contributed by atoms with E-state index in [1.165, 1.54) is 11.3 Å². The molecule has 0 aliphatic carbocycles. The molecule has 0 atom stereocenters. The second-order valence-electron chi connectivity index (χ2n) is 8.24. The summed E-state index contributed by atoms with van der Waals surface area (Å²) in [4.78, 5) is 8.57. The van der Waals surface area contributed by atoms with E-state index in [4.69, 9.17) is 4.42 Å². The molecule has 3 rings (SSSR count). The molecule has 0 spiro atoms. The second-order valence-corrected chi connectivity index (χ2v) is 9.13. The molecule has 131 valence electrons. The summed E-state index contributed by atoms with van der Waals surface area (Å²) >= 11 is 1.51. The van der Waals surface area contributed by atoms with Crippen LogP contribution in [0.4, 0.5) is 0 Å². The van der Waals surface area contributed by atoms with Gasteiger partial charge in [0.05, 0.1) is 0 Å². The Balaban J connectivity index is 2.27. The first-order chi connectivity index (χ1) is 11.6. The minimum atomic E-state index is -0.203. The van der Waals surface area contributed by atoms with Gasteiger partial charge in [-0.15, -0.1) is 11.3 Å². The first-order valence-corrected chi connectivity index (χ1v) is 9.12. The summed E-state index contributed by atoms with van der Waals surface area (Å²) in [6, 6.07) is 3.96. The van der Waals surface area contributed by atoms with Crippen LogP contribution in [0.3, 0.4) is 0 Å². The van der Waals surface area contributed by atoms with E-state index in [2.05, 4.69) is 57.9 Å². The molecule has 4 nitrogen and oxygen atoms in total. The molecular weight excluding hydrogens is 332 g/mol. The maximum atomic E-state index is 10.9. The SMILES string of the molecule is CC(C)(C)c1cc(-c2o[c]nc2-c2nccs2)cc(C(C)(C)C)c1O. The Hall–Kier alpha value is -2.14. The number of hydrogen-bond acceptors (Lipinski definition) is 5. The average molecular weight is 355 g/mol. The zero-order valence-electron chi connectivity index (χ0n) is 15.5. The van der Waals surface area contributed by atoms with Crippen LogP contribution >= 0.6 is 11.3 Å². The number of thiazole rings is 1. The van der Waals surface area contributed by atoms with Crippen molar-refractivity contribution in [3.63, 3.8) is 0 Å². The quantitative estimate of drug-likeness (QED) is 0.653. The van der Waals surface area contributed by atoms with Crippen LogP contribution in [0.15, 0.2) is 28.1 Å². The zero-order chi connectivity index (χ0) is 18.4. The minimum Gasteiger partial charge on any atom is -0.507 e. The van der Waals surface area contributed by atoms with Gasteiger partial charge in [0.2, 0.25) is 0 Å². The van der Waals surface area contributed by atoms with Gasteiger partial charge >= 0.3 is 0 Å². The van der Waals surface area contributed by atoms with Crippen molar-refractivity contribution < 1.29 is 9.52 Å². The van der Waals surface area contributed by atoms with Crippen LogP contribution in [0.2, 0.25) is 0 Å². The normalized spacial score (nSPS) is 12.6. The first-order valence-electron chi connectivity index (χ1n) is 8.24. The molecule has 3 aromatic rings. The summed E-state index contributed by atoms with van der Waals surface area (Å²) in [5.74, 6) is 0.981. The van der Waals surface area contributed by atoms with E-state index in [1.807, 2.05) is 17.5 Å². The van der Waals surface area contributed by atoms with E-state index in [9.17, 15) is 5.11 Å². The van der Waals surface area contributed by atoms with Gasteiger partial charge in [-0.25, -0.2) is 9.97 Å². The number of rotatable bonds is 2. The van der Waals surface area contributed by atoms with Crippen LogP contribution < -0.4 is 0 Å². The number of nitrogens with zero attached hydrogens (tertiary/aromatic N) is 2. The second kappa shape index (κ2) is 5.99. The van der Waals surface area contributed by atoms with E-state index in [0.717, 1.165) is 21.7 Å². The predicted molar refractivity (Wildman–Crippen MR) is 101 cm³/mol. The summed E-state index contributed by atoms with van der Waals surface area (Å²) in [7, 11) is 0. The van der Waals surface area contributed by atoms with Crippen LogP contribution in [0.5, 0.6) is 5.75 Å². The van der Waals surface area contributed by atoms with Crippen molar-refractivity contribution in [2.45, 2.75) is 52.4 Å². The molecule has 0 amide bonds. The van der Waals surface area contributed by atoms with Gasteiger partial charge < -0.3 is 9.52 Å². The Labute approximate surface area is 152 Å². The van der Waals surface area contributed by atoms with Crippen LogP contribution in [0.1, 0.15) is 52.7 Å². The Morgan fingerprint density at radius 3 is 2.12 bits per heavy atom. The maximum Gasteiger partial charge on any atom is 0.284 e. The van der Waals surface area contributed by atoms with Gasteiger partial charge in [-0.05, 0) is 23.0 Å². The molecule has 0 bridgehead atoms. The first kappa shape index (κ1) is 17.7. The fraction of sp³-hybridized carbons (Fsp3) is 0.400.